The van der Waals surface area contributed by atoms with Gasteiger partial charge in [0, 0.05) is 44.8 Å². The first-order valence-electron chi connectivity index (χ1n) is 9.54. The maximum absolute atomic E-state index is 6.29. The van der Waals surface area contributed by atoms with E-state index in [1.54, 1.807) is 12.5 Å². The molecule has 146 valence electrons. The van der Waals surface area contributed by atoms with Crippen molar-refractivity contribution in [3.8, 4) is 0 Å². The smallest absolute Gasteiger partial charge is 0.191 e. The van der Waals surface area contributed by atoms with Gasteiger partial charge in [0.15, 0.2) is 5.96 Å². The second kappa shape index (κ2) is 9.65. The van der Waals surface area contributed by atoms with Crippen molar-refractivity contribution in [3.05, 3.63) is 47.5 Å². The Labute approximate surface area is 166 Å². The van der Waals surface area contributed by atoms with Crippen LogP contribution in [0.4, 0.5) is 5.82 Å². The van der Waals surface area contributed by atoms with Crippen LogP contribution in [0.25, 0.3) is 0 Å². The Kier molecular flexibility index (Phi) is 6.98. The molecule has 0 amide bonds. The standard InChI is InChI=1S/C20H28ClN5O/c1-15(2)13-24-20(23-10-7-17-5-4-12-27-17)25-16-8-11-26(14-16)19-18(21)6-3-9-22-19/h3-6,9,12,15-16H,7-8,10-11,13-14H2,1-2H3,(H2,23,24,25). The monoisotopic (exact) mass is 389 g/mol. The third-order valence-electron chi connectivity index (χ3n) is 4.43. The lowest BCUT2D eigenvalue weighted by atomic mass is 10.2. The fraction of sp³-hybridized carbons (Fsp3) is 0.500. The van der Waals surface area contributed by atoms with E-state index >= 15 is 0 Å². The summed E-state index contributed by atoms with van der Waals surface area (Å²) in [5, 5.41) is 7.69. The summed E-state index contributed by atoms with van der Waals surface area (Å²) in [5.41, 5.74) is 0. The van der Waals surface area contributed by atoms with Gasteiger partial charge in [0.25, 0.3) is 0 Å². The first kappa shape index (κ1) is 19.5. The molecule has 1 unspecified atom stereocenters. The fourth-order valence-corrected chi connectivity index (χ4v) is 3.30. The number of furan rings is 1. The van der Waals surface area contributed by atoms with Crippen LogP contribution in [-0.2, 0) is 6.42 Å². The van der Waals surface area contributed by atoms with Crippen molar-refractivity contribution in [1.29, 1.82) is 0 Å². The highest BCUT2D eigenvalue weighted by Gasteiger charge is 2.25. The van der Waals surface area contributed by atoms with E-state index in [2.05, 4.69) is 34.4 Å². The van der Waals surface area contributed by atoms with E-state index < -0.39 is 0 Å². The van der Waals surface area contributed by atoms with Gasteiger partial charge in [0.2, 0.25) is 0 Å². The molecule has 2 N–H and O–H groups in total. The van der Waals surface area contributed by atoms with E-state index in [0.29, 0.717) is 17.0 Å². The highest BCUT2D eigenvalue weighted by molar-refractivity contribution is 6.32. The molecule has 3 rings (SSSR count). The number of guanidine groups is 1. The molecule has 0 aromatic carbocycles. The van der Waals surface area contributed by atoms with Crippen LogP contribution in [0.2, 0.25) is 5.02 Å². The van der Waals surface area contributed by atoms with Crippen molar-refractivity contribution in [2.24, 2.45) is 10.9 Å². The van der Waals surface area contributed by atoms with Gasteiger partial charge in [-0.1, -0.05) is 25.4 Å². The molecule has 2 aromatic heterocycles. The third-order valence-corrected chi connectivity index (χ3v) is 4.72. The maximum atomic E-state index is 6.29. The summed E-state index contributed by atoms with van der Waals surface area (Å²) in [5.74, 6) is 3.20. The number of hydrogen-bond donors (Lipinski definition) is 2. The fourth-order valence-electron chi connectivity index (χ4n) is 3.06. The number of rotatable bonds is 7. The summed E-state index contributed by atoms with van der Waals surface area (Å²) in [6.07, 6.45) is 5.34. The lowest BCUT2D eigenvalue weighted by Gasteiger charge is -2.20. The highest BCUT2D eigenvalue weighted by atomic mass is 35.5. The van der Waals surface area contributed by atoms with E-state index in [1.165, 1.54) is 0 Å². The Morgan fingerprint density at radius 2 is 2.30 bits per heavy atom. The van der Waals surface area contributed by atoms with Gasteiger partial charge in [-0.25, -0.2) is 4.98 Å². The Morgan fingerprint density at radius 1 is 1.41 bits per heavy atom. The Hall–Kier alpha value is -2.21. The van der Waals surface area contributed by atoms with Crippen molar-refractivity contribution < 1.29 is 4.42 Å². The van der Waals surface area contributed by atoms with E-state index in [0.717, 1.165) is 56.6 Å². The van der Waals surface area contributed by atoms with Gasteiger partial charge in [0.05, 0.1) is 11.3 Å². The van der Waals surface area contributed by atoms with Crippen LogP contribution < -0.4 is 15.5 Å². The Morgan fingerprint density at radius 3 is 3.04 bits per heavy atom. The third kappa shape index (κ3) is 5.89. The molecule has 27 heavy (non-hydrogen) atoms. The second-order valence-corrected chi connectivity index (χ2v) is 7.63. The zero-order valence-electron chi connectivity index (χ0n) is 16.0. The van der Waals surface area contributed by atoms with Gasteiger partial charge >= 0.3 is 0 Å². The lowest BCUT2D eigenvalue weighted by Crippen LogP contribution is -2.45. The van der Waals surface area contributed by atoms with Crippen molar-refractivity contribution >= 4 is 23.4 Å². The summed E-state index contributed by atoms with van der Waals surface area (Å²) in [6, 6.07) is 7.96. The molecular formula is C20H28ClN5O. The number of halogens is 1. The number of aliphatic imine (C=N–C) groups is 1. The molecule has 7 heteroatoms. The molecule has 1 saturated heterocycles. The van der Waals surface area contributed by atoms with Gasteiger partial charge in [0.1, 0.15) is 11.6 Å². The molecule has 1 fully saturated rings. The van der Waals surface area contributed by atoms with Gasteiger partial charge < -0.3 is 20.0 Å². The molecule has 0 aliphatic carbocycles. The minimum Gasteiger partial charge on any atom is -0.469 e. The van der Waals surface area contributed by atoms with Crippen molar-refractivity contribution in [2.45, 2.75) is 32.7 Å². The molecule has 1 aliphatic rings. The van der Waals surface area contributed by atoms with Crippen molar-refractivity contribution in [1.82, 2.24) is 15.6 Å². The number of anilines is 1. The molecule has 1 aliphatic heterocycles. The van der Waals surface area contributed by atoms with Gasteiger partial charge in [-0.2, -0.15) is 0 Å². The summed E-state index contributed by atoms with van der Waals surface area (Å²) >= 11 is 6.29. The largest absolute Gasteiger partial charge is 0.469 e. The molecule has 2 aromatic rings. The quantitative estimate of drug-likeness (QED) is 0.561. The number of hydrogen-bond acceptors (Lipinski definition) is 4. The molecule has 0 radical (unpaired) electrons. The van der Waals surface area contributed by atoms with Crippen molar-refractivity contribution in [3.63, 3.8) is 0 Å². The Bertz CT molecular complexity index is 732. The van der Waals surface area contributed by atoms with Crippen LogP contribution in [0, 0.1) is 5.92 Å². The van der Waals surface area contributed by atoms with Gasteiger partial charge in [-0.05, 0) is 36.6 Å². The van der Waals surface area contributed by atoms with E-state index in [4.69, 9.17) is 21.0 Å². The average molecular weight is 390 g/mol. The second-order valence-electron chi connectivity index (χ2n) is 7.22. The summed E-state index contributed by atoms with van der Waals surface area (Å²) in [4.78, 5) is 11.4. The van der Waals surface area contributed by atoms with Crippen LogP contribution >= 0.6 is 11.6 Å². The molecule has 1 atom stereocenters. The van der Waals surface area contributed by atoms with Gasteiger partial charge in [-0.3, -0.25) is 4.99 Å². The normalized spacial score (nSPS) is 17.6. The van der Waals surface area contributed by atoms with Crippen LogP contribution in [0.15, 0.2) is 46.1 Å². The van der Waals surface area contributed by atoms with Crippen LogP contribution in [0.1, 0.15) is 26.0 Å². The van der Waals surface area contributed by atoms with Gasteiger partial charge in [-0.15, -0.1) is 0 Å². The van der Waals surface area contributed by atoms with Crippen LogP contribution in [0.5, 0.6) is 0 Å². The van der Waals surface area contributed by atoms with Crippen LogP contribution in [0.3, 0.4) is 0 Å². The minimum absolute atomic E-state index is 0.310. The summed E-state index contributed by atoms with van der Waals surface area (Å²) < 4.78 is 5.39. The SMILES string of the molecule is CC(C)CN=C(NCCc1ccco1)NC1CCN(c2ncccc2Cl)C1. The van der Waals surface area contributed by atoms with Crippen LogP contribution in [-0.4, -0.2) is 43.2 Å². The summed E-state index contributed by atoms with van der Waals surface area (Å²) in [7, 11) is 0. The minimum atomic E-state index is 0.310. The zero-order valence-corrected chi connectivity index (χ0v) is 16.7. The molecule has 0 spiro atoms. The highest BCUT2D eigenvalue weighted by Crippen LogP contribution is 2.25. The molecular weight excluding hydrogens is 362 g/mol. The Balaban J connectivity index is 1.55. The van der Waals surface area contributed by atoms with E-state index in [9.17, 15) is 0 Å². The number of nitrogens with zero attached hydrogens (tertiary/aromatic N) is 3. The maximum Gasteiger partial charge on any atom is 0.191 e. The lowest BCUT2D eigenvalue weighted by molar-refractivity contribution is 0.506. The zero-order chi connectivity index (χ0) is 19.1. The average Bonchev–Trinajstić information content (AvgIpc) is 3.32. The molecule has 0 bridgehead atoms. The predicted molar refractivity (Wildman–Crippen MR) is 111 cm³/mol. The molecule has 6 nitrogen and oxygen atoms in total. The first-order valence-corrected chi connectivity index (χ1v) is 9.92. The number of pyridine rings is 1. The topological polar surface area (TPSA) is 65.7 Å². The number of aromatic nitrogens is 1. The van der Waals surface area contributed by atoms with E-state index in [-0.39, 0.29) is 0 Å². The first-order chi connectivity index (χ1) is 13.1. The summed E-state index contributed by atoms with van der Waals surface area (Å²) in [6.45, 7) is 7.70. The van der Waals surface area contributed by atoms with Crippen molar-refractivity contribution in [2.75, 3.05) is 31.1 Å². The van der Waals surface area contributed by atoms with E-state index in [1.807, 2.05) is 24.3 Å². The predicted octanol–water partition coefficient (Wildman–Crippen LogP) is 3.34. The number of nitrogens with one attached hydrogen (secondary N) is 2. The molecule has 0 saturated carbocycles. The molecule has 3 heterocycles.